The van der Waals surface area contributed by atoms with Crippen LogP contribution < -0.4 is 15.0 Å². The number of carbonyl (C=O) groups is 1. The zero-order chi connectivity index (χ0) is 17.8. The quantitative estimate of drug-likeness (QED) is 0.902. The Hall–Kier alpha value is -3.21. The van der Waals surface area contributed by atoms with E-state index >= 15 is 0 Å². The molecule has 25 heavy (non-hydrogen) atoms. The van der Waals surface area contributed by atoms with Gasteiger partial charge in [-0.3, -0.25) is 4.79 Å². The molecule has 1 aromatic carbocycles. The van der Waals surface area contributed by atoms with E-state index in [1.807, 2.05) is 6.07 Å². The van der Waals surface area contributed by atoms with E-state index in [-0.39, 0.29) is 11.7 Å². The summed E-state index contributed by atoms with van der Waals surface area (Å²) in [4.78, 5) is 18.1. The summed E-state index contributed by atoms with van der Waals surface area (Å²) in [6, 6.07) is 10.8. The number of pyridine rings is 1. The number of para-hydroxylation sites is 2. The molecule has 1 fully saturated rings. The molecule has 6 nitrogen and oxygen atoms in total. The van der Waals surface area contributed by atoms with Gasteiger partial charge >= 0.3 is 6.61 Å². The highest BCUT2D eigenvalue weighted by molar-refractivity contribution is 6.02. The number of amides is 1. The van der Waals surface area contributed by atoms with E-state index in [1.54, 1.807) is 30.3 Å². The molecule has 8 heteroatoms. The lowest BCUT2D eigenvalue weighted by Gasteiger charge is -2.20. The molecule has 0 spiro atoms. The minimum atomic E-state index is -2.97. The van der Waals surface area contributed by atoms with Gasteiger partial charge in [0, 0.05) is 12.7 Å². The van der Waals surface area contributed by atoms with E-state index in [2.05, 4.69) is 15.0 Å². The van der Waals surface area contributed by atoms with E-state index in [4.69, 9.17) is 5.26 Å². The van der Waals surface area contributed by atoms with Gasteiger partial charge in [0.1, 0.15) is 23.7 Å². The van der Waals surface area contributed by atoms with Crippen molar-refractivity contribution in [2.75, 3.05) is 16.8 Å². The maximum atomic E-state index is 12.7. The second-order valence-corrected chi connectivity index (χ2v) is 5.33. The monoisotopic (exact) mass is 344 g/mol. The number of alkyl halides is 2. The predicted octanol–water partition coefficient (Wildman–Crippen LogP) is 2.77. The van der Waals surface area contributed by atoms with Crippen LogP contribution in [0.4, 0.5) is 20.3 Å². The SMILES string of the molecule is N#Cc1cccnc1N[C@H]1CCN(c2ccccc2OC(F)F)C1=O. The Labute approximate surface area is 142 Å². The molecular weight excluding hydrogens is 330 g/mol. The number of hydrogen-bond acceptors (Lipinski definition) is 5. The van der Waals surface area contributed by atoms with Gasteiger partial charge in [0.2, 0.25) is 5.91 Å². The van der Waals surface area contributed by atoms with E-state index < -0.39 is 12.7 Å². The smallest absolute Gasteiger partial charge is 0.387 e. The average molecular weight is 344 g/mol. The van der Waals surface area contributed by atoms with Crippen molar-refractivity contribution in [1.82, 2.24) is 4.98 Å². The van der Waals surface area contributed by atoms with Gasteiger partial charge < -0.3 is 15.0 Å². The zero-order valence-corrected chi connectivity index (χ0v) is 13.0. The minimum Gasteiger partial charge on any atom is -0.433 e. The van der Waals surface area contributed by atoms with Crippen LogP contribution in [0.1, 0.15) is 12.0 Å². The lowest BCUT2D eigenvalue weighted by Crippen LogP contribution is -2.34. The summed E-state index contributed by atoms with van der Waals surface area (Å²) in [5, 5.41) is 12.1. The number of rotatable bonds is 5. The molecule has 1 aliphatic heterocycles. The van der Waals surface area contributed by atoms with Gasteiger partial charge in [0.05, 0.1) is 11.3 Å². The van der Waals surface area contributed by atoms with Crippen LogP contribution in [0.25, 0.3) is 0 Å². The lowest BCUT2D eigenvalue weighted by atomic mass is 10.2. The number of anilines is 2. The molecule has 1 N–H and O–H groups in total. The molecule has 3 rings (SSSR count). The molecule has 1 aliphatic rings. The number of halogens is 2. The van der Waals surface area contributed by atoms with Crippen molar-refractivity contribution in [2.45, 2.75) is 19.1 Å². The van der Waals surface area contributed by atoms with Crippen LogP contribution in [0.2, 0.25) is 0 Å². The maximum Gasteiger partial charge on any atom is 0.387 e. The molecule has 1 atom stereocenters. The summed E-state index contributed by atoms with van der Waals surface area (Å²) in [7, 11) is 0. The van der Waals surface area contributed by atoms with E-state index in [9.17, 15) is 13.6 Å². The molecule has 2 heterocycles. The molecule has 1 saturated heterocycles. The molecule has 0 bridgehead atoms. The molecular formula is C17H14F2N4O2. The molecule has 0 aliphatic carbocycles. The second-order valence-electron chi connectivity index (χ2n) is 5.33. The Morgan fingerprint density at radius 2 is 2.12 bits per heavy atom. The van der Waals surface area contributed by atoms with Gasteiger partial charge in [-0.05, 0) is 30.7 Å². The number of carbonyl (C=O) groups excluding carboxylic acids is 1. The molecule has 128 valence electrons. The molecule has 0 radical (unpaired) electrons. The Morgan fingerprint density at radius 1 is 1.32 bits per heavy atom. The summed E-state index contributed by atoms with van der Waals surface area (Å²) in [5.41, 5.74) is 0.619. The van der Waals surface area contributed by atoms with E-state index in [0.29, 0.717) is 30.0 Å². The van der Waals surface area contributed by atoms with Crippen molar-refractivity contribution in [1.29, 1.82) is 5.26 Å². The third-order valence-electron chi connectivity index (χ3n) is 3.82. The van der Waals surface area contributed by atoms with Gasteiger partial charge in [-0.25, -0.2) is 4.98 Å². The molecule has 0 saturated carbocycles. The molecule has 0 unspecified atom stereocenters. The van der Waals surface area contributed by atoms with Crippen LogP contribution >= 0.6 is 0 Å². The Morgan fingerprint density at radius 3 is 2.88 bits per heavy atom. The number of hydrogen-bond donors (Lipinski definition) is 1. The summed E-state index contributed by atoms with van der Waals surface area (Å²) < 4.78 is 29.6. The summed E-state index contributed by atoms with van der Waals surface area (Å²) in [6.45, 7) is -2.63. The number of benzene rings is 1. The third kappa shape index (κ3) is 3.50. The van der Waals surface area contributed by atoms with Crippen LogP contribution in [0.5, 0.6) is 5.75 Å². The summed E-state index contributed by atoms with van der Waals surface area (Å²) >= 11 is 0. The highest BCUT2D eigenvalue weighted by Crippen LogP contribution is 2.33. The highest BCUT2D eigenvalue weighted by Gasteiger charge is 2.34. The zero-order valence-electron chi connectivity index (χ0n) is 13.0. The van der Waals surface area contributed by atoms with Gasteiger partial charge in [-0.1, -0.05) is 12.1 Å². The topological polar surface area (TPSA) is 78.2 Å². The van der Waals surface area contributed by atoms with Gasteiger partial charge in [0.15, 0.2) is 0 Å². The van der Waals surface area contributed by atoms with Crippen LogP contribution in [0.3, 0.4) is 0 Å². The van der Waals surface area contributed by atoms with Crippen molar-refractivity contribution >= 4 is 17.4 Å². The Balaban J connectivity index is 1.80. The van der Waals surface area contributed by atoms with Gasteiger partial charge in [-0.2, -0.15) is 14.0 Å². The largest absolute Gasteiger partial charge is 0.433 e. The van der Waals surface area contributed by atoms with Crippen molar-refractivity contribution in [3.05, 3.63) is 48.2 Å². The third-order valence-corrected chi connectivity index (χ3v) is 3.82. The first-order valence-electron chi connectivity index (χ1n) is 7.57. The van der Waals surface area contributed by atoms with Crippen LogP contribution in [-0.4, -0.2) is 30.1 Å². The van der Waals surface area contributed by atoms with Crippen molar-refractivity contribution < 1.29 is 18.3 Å². The second kappa shape index (κ2) is 7.13. The average Bonchev–Trinajstić information content (AvgIpc) is 2.96. The van der Waals surface area contributed by atoms with Crippen LogP contribution in [0.15, 0.2) is 42.6 Å². The molecule has 1 aromatic heterocycles. The first-order chi connectivity index (χ1) is 12.1. The van der Waals surface area contributed by atoms with Crippen LogP contribution in [0, 0.1) is 11.3 Å². The fraction of sp³-hybridized carbons (Fsp3) is 0.235. The van der Waals surface area contributed by atoms with Crippen molar-refractivity contribution in [2.24, 2.45) is 0 Å². The fourth-order valence-electron chi connectivity index (χ4n) is 2.70. The Bertz CT molecular complexity index is 822. The number of nitrogens with one attached hydrogen (secondary N) is 1. The normalized spacial score (nSPS) is 16.8. The first kappa shape index (κ1) is 16.6. The number of nitrogens with zero attached hydrogens (tertiary/aromatic N) is 3. The number of aromatic nitrogens is 1. The first-order valence-corrected chi connectivity index (χ1v) is 7.57. The molecule has 2 aromatic rings. The number of nitriles is 1. The Kier molecular flexibility index (Phi) is 4.75. The van der Waals surface area contributed by atoms with Gasteiger partial charge in [0.25, 0.3) is 0 Å². The summed E-state index contributed by atoms with van der Waals surface area (Å²) in [5.74, 6) is -0.0239. The fourth-order valence-corrected chi connectivity index (χ4v) is 2.70. The molecule has 1 amide bonds. The number of ether oxygens (including phenoxy) is 1. The lowest BCUT2D eigenvalue weighted by molar-refractivity contribution is -0.117. The highest BCUT2D eigenvalue weighted by atomic mass is 19.3. The minimum absolute atomic E-state index is 0.0537. The van der Waals surface area contributed by atoms with Crippen molar-refractivity contribution in [3.63, 3.8) is 0 Å². The van der Waals surface area contributed by atoms with Gasteiger partial charge in [-0.15, -0.1) is 0 Å². The maximum absolute atomic E-state index is 12.7. The van der Waals surface area contributed by atoms with E-state index in [0.717, 1.165) is 0 Å². The standard InChI is InChI=1S/C17H14F2N4O2/c18-17(19)25-14-6-2-1-5-13(14)23-9-7-12(16(23)24)22-15-11(10-20)4-3-8-21-15/h1-6,8,12,17H,7,9H2,(H,21,22)/t12-/m0/s1. The summed E-state index contributed by atoms with van der Waals surface area (Å²) in [6.07, 6.45) is 1.97. The van der Waals surface area contributed by atoms with Crippen molar-refractivity contribution in [3.8, 4) is 11.8 Å². The van der Waals surface area contributed by atoms with Crippen LogP contribution in [-0.2, 0) is 4.79 Å². The predicted molar refractivity (Wildman–Crippen MR) is 86.4 cm³/mol. The van der Waals surface area contributed by atoms with E-state index in [1.165, 1.54) is 17.2 Å².